The molecule has 0 fully saturated rings. The summed E-state index contributed by atoms with van der Waals surface area (Å²) in [5, 5.41) is 0. The number of nitrogen functional groups attached to an aromatic ring is 1. The van der Waals surface area contributed by atoms with Gasteiger partial charge in [0.15, 0.2) is 0 Å². The van der Waals surface area contributed by atoms with Crippen molar-refractivity contribution >= 4 is 5.69 Å². The molecule has 0 aliphatic carbocycles. The van der Waals surface area contributed by atoms with Crippen LogP contribution in [0.2, 0.25) is 0 Å². The first-order valence-corrected chi connectivity index (χ1v) is 5.93. The lowest BCUT2D eigenvalue weighted by Crippen LogP contribution is -2.22. The third-order valence-corrected chi connectivity index (χ3v) is 2.50. The van der Waals surface area contributed by atoms with Gasteiger partial charge in [0.2, 0.25) is 0 Å². The molecule has 0 aliphatic heterocycles. The van der Waals surface area contributed by atoms with Crippen molar-refractivity contribution in [2.24, 2.45) is 0 Å². The Hall–Kier alpha value is -1.22. The molecule has 0 heterocycles. The molecular weight excluding hydrogens is 214 g/mol. The van der Waals surface area contributed by atoms with E-state index in [1.165, 1.54) is 11.1 Å². The van der Waals surface area contributed by atoms with Crippen LogP contribution in [0, 0.1) is 13.8 Å². The monoisotopic (exact) mass is 237 g/mol. The van der Waals surface area contributed by atoms with Crippen LogP contribution < -0.4 is 10.5 Å². The number of anilines is 1. The summed E-state index contributed by atoms with van der Waals surface area (Å²) in [6, 6.07) is 3.91. The molecule has 0 saturated heterocycles. The normalized spacial score (nSPS) is 11.6. The van der Waals surface area contributed by atoms with E-state index in [9.17, 15) is 0 Å². The molecule has 0 saturated carbocycles. The fraction of sp³-hybridized carbons (Fsp3) is 0.571. The summed E-state index contributed by atoms with van der Waals surface area (Å²) < 4.78 is 11.2. The Morgan fingerprint density at radius 1 is 1.06 bits per heavy atom. The van der Waals surface area contributed by atoms with Gasteiger partial charge in [-0.2, -0.15) is 0 Å². The van der Waals surface area contributed by atoms with E-state index in [2.05, 4.69) is 0 Å². The highest BCUT2D eigenvalue weighted by Gasteiger charge is 2.10. The minimum absolute atomic E-state index is 0.127. The van der Waals surface area contributed by atoms with Crippen molar-refractivity contribution in [3.05, 3.63) is 23.3 Å². The SMILES string of the molecule is Cc1cc(N)c(OCCOC(C)(C)C)cc1C. The average molecular weight is 237 g/mol. The van der Waals surface area contributed by atoms with Crippen LogP contribution in [0.4, 0.5) is 5.69 Å². The summed E-state index contributed by atoms with van der Waals surface area (Å²) in [7, 11) is 0. The topological polar surface area (TPSA) is 44.5 Å². The molecule has 0 aromatic heterocycles. The molecule has 0 aliphatic rings. The van der Waals surface area contributed by atoms with Crippen LogP contribution in [0.25, 0.3) is 0 Å². The lowest BCUT2D eigenvalue weighted by atomic mass is 10.1. The molecular formula is C14H23NO2. The molecule has 2 N–H and O–H groups in total. The lowest BCUT2D eigenvalue weighted by Gasteiger charge is -2.20. The third-order valence-electron chi connectivity index (χ3n) is 2.50. The summed E-state index contributed by atoms with van der Waals surface area (Å²) in [4.78, 5) is 0. The summed E-state index contributed by atoms with van der Waals surface area (Å²) in [5.74, 6) is 0.741. The van der Waals surface area contributed by atoms with Crippen LogP contribution in [-0.2, 0) is 4.74 Å². The maximum atomic E-state index is 5.89. The highest BCUT2D eigenvalue weighted by atomic mass is 16.5. The average Bonchev–Trinajstić information content (AvgIpc) is 2.18. The highest BCUT2D eigenvalue weighted by molar-refractivity contribution is 5.56. The number of rotatable bonds is 4. The van der Waals surface area contributed by atoms with Crippen molar-refractivity contribution in [3.63, 3.8) is 0 Å². The van der Waals surface area contributed by atoms with Crippen LogP contribution in [-0.4, -0.2) is 18.8 Å². The fourth-order valence-electron chi connectivity index (χ4n) is 1.44. The van der Waals surface area contributed by atoms with Crippen molar-refractivity contribution in [2.45, 2.75) is 40.2 Å². The van der Waals surface area contributed by atoms with Crippen LogP contribution in [0.3, 0.4) is 0 Å². The van der Waals surface area contributed by atoms with Gasteiger partial charge in [0.25, 0.3) is 0 Å². The number of hydrogen-bond donors (Lipinski definition) is 1. The Morgan fingerprint density at radius 2 is 1.65 bits per heavy atom. The van der Waals surface area contributed by atoms with Gasteiger partial charge in [-0.3, -0.25) is 0 Å². The summed E-state index contributed by atoms with van der Waals surface area (Å²) >= 11 is 0. The molecule has 0 amide bonds. The number of hydrogen-bond acceptors (Lipinski definition) is 3. The molecule has 0 atom stereocenters. The first-order valence-electron chi connectivity index (χ1n) is 5.93. The zero-order valence-corrected chi connectivity index (χ0v) is 11.5. The van der Waals surface area contributed by atoms with E-state index in [4.69, 9.17) is 15.2 Å². The summed E-state index contributed by atoms with van der Waals surface area (Å²) in [6.07, 6.45) is 0. The van der Waals surface area contributed by atoms with E-state index < -0.39 is 0 Å². The lowest BCUT2D eigenvalue weighted by molar-refractivity contribution is -0.0162. The van der Waals surface area contributed by atoms with Gasteiger partial charge >= 0.3 is 0 Å². The smallest absolute Gasteiger partial charge is 0.142 e. The second-order valence-corrected chi connectivity index (χ2v) is 5.28. The number of ether oxygens (including phenoxy) is 2. The van der Waals surface area contributed by atoms with Gasteiger partial charge in [-0.25, -0.2) is 0 Å². The summed E-state index contributed by atoms with van der Waals surface area (Å²) in [6.45, 7) is 11.2. The minimum Gasteiger partial charge on any atom is -0.489 e. The molecule has 0 unspecified atom stereocenters. The van der Waals surface area contributed by atoms with Crippen molar-refractivity contribution in [1.82, 2.24) is 0 Å². The molecule has 17 heavy (non-hydrogen) atoms. The Labute approximate surface area is 104 Å². The Balaban J connectivity index is 2.50. The molecule has 3 heteroatoms. The van der Waals surface area contributed by atoms with Gasteiger partial charge in [0, 0.05) is 0 Å². The molecule has 1 rings (SSSR count). The molecule has 96 valence electrons. The van der Waals surface area contributed by atoms with Crippen LogP contribution >= 0.6 is 0 Å². The Morgan fingerprint density at radius 3 is 2.24 bits per heavy atom. The standard InChI is InChI=1S/C14H23NO2/c1-10-8-12(15)13(9-11(10)2)16-6-7-17-14(3,4)5/h8-9H,6-7,15H2,1-5H3. The van der Waals surface area contributed by atoms with Crippen molar-refractivity contribution in [2.75, 3.05) is 18.9 Å². The van der Waals surface area contributed by atoms with Gasteiger partial charge in [-0.1, -0.05) is 0 Å². The van der Waals surface area contributed by atoms with E-state index in [1.54, 1.807) is 0 Å². The maximum absolute atomic E-state index is 5.89. The largest absolute Gasteiger partial charge is 0.489 e. The number of benzene rings is 1. The molecule has 1 aromatic rings. The Bertz CT molecular complexity index is 381. The van der Waals surface area contributed by atoms with E-state index in [0.29, 0.717) is 18.9 Å². The van der Waals surface area contributed by atoms with Gasteiger partial charge in [-0.05, 0) is 57.9 Å². The highest BCUT2D eigenvalue weighted by Crippen LogP contribution is 2.25. The second kappa shape index (κ2) is 5.41. The van der Waals surface area contributed by atoms with Gasteiger partial charge in [-0.15, -0.1) is 0 Å². The predicted octanol–water partition coefficient (Wildman–Crippen LogP) is 3.08. The van der Waals surface area contributed by atoms with Crippen LogP contribution in [0.5, 0.6) is 5.75 Å². The van der Waals surface area contributed by atoms with Gasteiger partial charge < -0.3 is 15.2 Å². The fourth-order valence-corrected chi connectivity index (χ4v) is 1.44. The predicted molar refractivity (Wildman–Crippen MR) is 71.5 cm³/mol. The molecule has 0 bridgehead atoms. The molecule has 3 nitrogen and oxygen atoms in total. The first-order chi connectivity index (χ1) is 7.79. The van der Waals surface area contributed by atoms with Crippen molar-refractivity contribution in [1.29, 1.82) is 0 Å². The van der Waals surface area contributed by atoms with E-state index >= 15 is 0 Å². The van der Waals surface area contributed by atoms with Crippen LogP contribution in [0.15, 0.2) is 12.1 Å². The molecule has 0 spiro atoms. The molecule has 0 radical (unpaired) electrons. The maximum Gasteiger partial charge on any atom is 0.142 e. The Kier molecular flexibility index (Phi) is 4.40. The van der Waals surface area contributed by atoms with Crippen molar-refractivity contribution < 1.29 is 9.47 Å². The zero-order valence-electron chi connectivity index (χ0n) is 11.5. The van der Waals surface area contributed by atoms with E-state index in [1.807, 2.05) is 46.8 Å². The quantitative estimate of drug-likeness (QED) is 0.646. The van der Waals surface area contributed by atoms with Gasteiger partial charge in [0.1, 0.15) is 12.4 Å². The minimum atomic E-state index is -0.127. The third kappa shape index (κ3) is 4.65. The van der Waals surface area contributed by atoms with Gasteiger partial charge in [0.05, 0.1) is 17.9 Å². The van der Waals surface area contributed by atoms with E-state index in [-0.39, 0.29) is 5.60 Å². The first kappa shape index (κ1) is 13.8. The second-order valence-electron chi connectivity index (χ2n) is 5.28. The number of aryl methyl sites for hydroxylation is 2. The zero-order chi connectivity index (χ0) is 13.1. The van der Waals surface area contributed by atoms with Crippen LogP contribution in [0.1, 0.15) is 31.9 Å². The van der Waals surface area contributed by atoms with E-state index in [0.717, 1.165) is 5.75 Å². The molecule has 1 aromatic carbocycles. The summed E-state index contributed by atoms with van der Waals surface area (Å²) in [5.41, 5.74) is 8.82. The van der Waals surface area contributed by atoms with Crippen molar-refractivity contribution in [3.8, 4) is 5.75 Å². The number of nitrogens with two attached hydrogens (primary N) is 1.